The highest BCUT2D eigenvalue weighted by Gasteiger charge is 2.19. The molecule has 0 atom stereocenters. The van der Waals surface area contributed by atoms with Crippen LogP contribution in [0, 0.1) is 12.7 Å². The molecule has 0 aliphatic heterocycles. The number of rotatable bonds is 5. The summed E-state index contributed by atoms with van der Waals surface area (Å²) in [5.41, 5.74) is 4.62. The van der Waals surface area contributed by atoms with Gasteiger partial charge < -0.3 is 5.32 Å². The highest BCUT2D eigenvalue weighted by atomic mass is 19.1. The molecule has 1 amide bonds. The molecule has 0 fully saturated rings. The third-order valence-electron chi connectivity index (χ3n) is 4.90. The fraction of sp³-hybridized carbons (Fsp3) is 0.174. The topological polar surface area (TPSA) is 59.8 Å². The van der Waals surface area contributed by atoms with E-state index in [2.05, 4.69) is 10.4 Å². The van der Waals surface area contributed by atoms with Crippen molar-refractivity contribution in [3.63, 3.8) is 0 Å². The number of nitrogens with zero attached hydrogens (tertiary/aromatic N) is 3. The van der Waals surface area contributed by atoms with Crippen LogP contribution in [-0.4, -0.2) is 27.2 Å². The average Bonchev–Trinajstić information content (AvgIpc) is 3.03. The van der Waals surface area contributed by atoms with E-state index in [1.54, 1.807) is 16.8 Å². The highest BCUT2D eigenvalue weighted by Crippen LogP contribution is 2.26. The maximum absolute atomic E-state index is 13.0. The molecule has 1 N–H and O–H groups in total. The first kappa shape index (κ1) is 18.8. The minimum atomic E-state index is -0.266. The van der Waals surface area contributed by atoms with E-state index in [0.717, 1.165) is 27.9 Å². The second kappa shape index (κ2) is 7.83. The van der Waals surface area contributed by atoms with Gasteiger partial charge in [0.2, 0.25) is 0 Å². The predicted molar refractivity (Wildman–Crippen MR) is 111 cm³/mol. The monoisotopic (exact) mass is 388 g/mol. The zero-order chi connectivity index (χ0) is 20.4. The summed E-state index contributed by atoms with van der Waals surface area (Å²) >= 11 is 0. The Labute approximate surface area is 168 Å². The van der Waals surface area contributed by atoms with Gasteiger partial charge in [0, 0.05) is 19.2 Å². The largest absolute Gasteiger partial charge is 0.352 e. The summed E-state index contributed by atoms with van der Waals surface area (Å²) in [4.78, 5) is 17.7. The summed E-state index contributed by atoms with van der Waals surface area (Å²) in [6.07, 6.45) is 0.623. The molecule has 29 heavy (non-hydrogen) atoms. The van der Waals surface area contributed by atoms with Gasteiger partial charge in [0.05, 0.1) is 22.3 Å². The number of fused-ring (bicyclic) bond motifs is 1. The van der Waals surface area contributed by atoms with Gasteiger partial charge in [-0.15, -0.1) is 0 Å². The Morgan fingerprint density at radius 3 is 2.55 bits per heavy atom. The summed E-state index contributed by atoms with van der Waals surface area (Å²) in [5.74, 6) is -0.440. The Morgan fingerprint density at radius 1 is 1.10 bits per heavy atom. The van der Waals surface area contributed by atoms with Crippen molar-refractivity contribution >= 4 is 16.9 Å². The van der Waals surface area contributed by atoms with Gasteiger partial charge >= 0.3 is 0 Å². The van der Waals surface area contributed by atoms with Crippen molar-refractivity contribution in [2.24, 2.45) is 7.05 Å². The van der Waals surface area contributed by atoms with E-state index in [4.69, 9.17) is 4.98 Å². The van der Waals surface area contributed by atoms with Gasteiger partial charge in [-0.2, -0.15) is 5.10 Å². The number of aromatic nitrogens is 3. The minimum Gasteiger partial charge on any atom is -0.352 e. The number of hydrogen-bond donors (Lipinski definition) is 1. The van der Waals surface area contributed by atoms with Crippen molar-refractivity contribution in [3.05, 3.63) is 83.3 Å². The molecule has 0 aliphatic rings. The van der Waals surface area contributed by atoms with Crippen LogP contribution >= 0.6 is 0 Å². The first-order chi connectivity index (χ1) is 14.0. The van der Waals surface area contributed by atoms with Crippen molar-refractivity contribution in [2.45, 2.75) is 13.3 Å². The Bertz CT molecular complexity index is 1170. The second-order valence-electron chi connectivity index (χ2n) is 6.96. The van der Waals surface area contributed by atoms with E-state index < -0.39 is 0 Å². The summed E-state index contributed by atoms with van der Waals surface area (Å²) in [6, 6.07) is 17.9. The Balaban J connectivity index is 1.64. The third kappa shape index (κ3) is 3.87. The van der Waals surface area contributed by atoms with E-state index in [1.165, 1.54) is 12.1 Å². The van der Waals surface area contributed by atoms with Gasteiger partial charge in [-0.05, 0) is 37.1 Å². The number of pyridine rings is 1. The molecule has 0 bridgehead atoms. The molecule has 0 saturated heterocycles. The van der Waals surface area contributed by atoms with Crippen molar-refractivity contribution in [1.82, 2.24) is 20.1 Å². The van der Waals surface area contributed by atoms with Crippen LogP contribution in [0.25, 0.3) is 22.3 Å². The van der Waals surface area contributed by atoms with Gasteiger partial charge in [0.25, 0.3) is 5.91 Å². The number of carbonyl (C=O) groups excluding carboxylic acids is 1. The molecule has 4 rings (SSSR count). The number of benzene rings is 2. The molecule has 0 unspecified atom stereocenters. The zero-order valence-electron chi connectivity index (χ0n) is 16.3. The van der Waals surface area contributed by atoms with E-state index in [1.807, 2.05) is 50.4 Å². The number of halogens is 1. The fourth-order valence-corrected chi connectivity index (χ4v) is 3.45. The molecule has 0 aliphatic carbocycles. The van der Waals surface area contributed by atoms with Crippen molar-refractivity contribution in [1.29, 1.82) is 0 Å². The van der Waals surface area contributed by atoms with E-state index >= 15 is 0 Å². The standard InChI is InChI=1S/C23H21FN4O/c1-15-21-19(23(29)25-13-12-16-8-10-18(24)11-9-16)14-20(17-6-4-3-5-7-17)26-22(21)28(2)27-15/h3-11,14H,12-13H2,1-2H3,(H,25,29). The van der Waals surface area contributed by atoms with Crippen LogP contribution in [-0.2, 0) is 13.5 Å². The second-order valence-corrected chi connectivity index (χ2v) is 6.96. The summed E-state index contributed by atoms with van der Waals surface area (Å²) in [5, 5.41) is 8.17. The molecule has 0 radical (unpaired) electrons. The van der Waals surface area contributed by atoms with Crippen LogP contribution in [0.15, 0.2) is 60.7 Å². The Hall–Kier alpha value is -3.54. The Morgan fingerprint density at radius 2 is 1.83 bits per heavy atom. The lowest BCUT2D eigenvalue weighted by Gasteiger charge is -2.10. The van der Waals surface area contributed by atoms with Crippen LogP contribution in [0.2, 0.25) is 0 Å². The average molecular weight is 388 g/mol. The number of aryl methyl sites for hydroxylation is 2. The number of amides is 1. The first-order valence-corrected chi connectivity index (χ1v) is 9.45. The summed E-state index contributed by atoms with van der Waals surface area (Å²) < 4.78 is 14.7. The van der Waals surface area contributed by atoms with Crippen LogP contribution in [0.5, 0.6) is 0 Å². The molecule has 2 aromatic carbocycles. The summed E-state index contributed by atoms with van der Waals surface area (Å²) in [7, 11) is 1.83. The van der Waals surface area contributed by atoms with Crippen molar-refractivity contribution in [2.75, 3.05) is 6.54 Å². The van der Waals surface area contributed by atoms with Gasteiger partial charge in [0.1, 0.15) is 5.82 Å². The maximum Gasteiger partial charge on any atom is 0.252 e. The molecule has 6 heteroatoms. The molecule has 2 aromatic heterocycles. The lowest BCUT2D eigenvalue weighted by Crippen LogP contribution is -2.26. The fourth-order valence-electron chi connectivity index (χ4n) is 3.45. The van der Waals surface area contributed by atoms with Gasteiger partial charge in [-0.1, -0.05) is 42.5 Å². The normalized spacial score (nSPS) is 11.0. The van der Waals surface area contributed by atoms with Crippen LogP contribution < -0.4 is 5.32 Å². The molecule has 4 aromatic rings. The summed E-state index contributed by atoms with van der Waals surface area (Å²) in [6.45, 7) is 2.33. The van der Waals surface area contributed by atoms with Crippen LogP contribution in [0.1, 0.15) is 21.6 Å². The van der Waals surface area contributed by atoms with E-state index in [-0.39, 0.29) is 11.7 Å². The highest BCUT2D eigenvalue weighted by molar-refractivity contribution is 6.07. The lowest BCUT2D eigenvalue weighted by molar-refractivity contribution is 0.0955. The zero-order valence-corrected chi connectivity index (χ0v) is 16.3. The van der Waals surface area contributed by atoms with Gasteiger partial charge in [0.15, 0.2) is 5.65 Å². The Kier molecular flexibility index (Phi) is 5.08. The van der Waals surface area contributed by atoms with Crippen LogP contribution in [0.3, 0.4) is 0 Å². The smallest absolute Gasteiger partial charge is 0.252 e. The van der Waals surface area contributed by atoms with E-state index in [9.17, 15) is 9.18 Å². The minimum absolute atomic E-state index is 0.173. The van der Waals surface area contributed by atoms with Crippen LogP contribution in [0.4, 0.5) is 4.39 Å². The quantitative estimate of drug-likeness (QED) is 0.561. The number of hydrogen-bond acceptors (Lipinski definition) is 3. The molecule has 0 spiro atoms. The predicted octanol–water partition coefficient (Wildman–Crippen LogP) is 4.06. The molecule has 5 nitrogen and oxygen atoms in total. The van der Waals surface area contributed by atoms with Gasteiger partial charge in [-0.3, -0.25) is 9.48 Å². The number of carbonyl (C=O) groups is 1. The van der Waals surface area contributed by atoms with E-state index in [0.29, 0.717) is 24.2 Å². The van der Waals surface area contributed by atoms with Crippen molar-refractivity contribution < 1.29 is 9.18 Å². The number of nitrogens with one attached hydrogen (secondary N) is 1. The lowest BCUT2D eigenvalue weighted by atomic mass is 10.0. The molecule has 146 valence electrons. The van der Waals surface area contributed by atoms with Gasteiger partial charge in [-0.25, -0.2) is 9.37 Å². The molecule has 0 saturated carbocycles. The maximum atomic E-state index is 13.0. The molecular formula is C23H21FN4O. The SMILES string of the molecule is Cc1nn(C)c2nc(-c3ccccc3)cc(C(=O)NCCc3ccc(F)cc3)c12. The first-order valence-electron chi connectivity index (χ1n) is 9.45. The molecule has 2 heterocycles. The van der Waals surface area contributed by atoms with Crippen molar-refractivity contribution in [3.8, 4) is 11.3 Å². The molecular weight excluding hydrogens is 367 g/mol. The third-order valence-corrected chi connectivity index (χ3v) is 4.90.